The van der Waals surface area contributed by atoms with Gasteiger partial charge in [-0.3, -0.25) is 4.57 Å². The van der Waals surface area contributed by atoms with Gasteiger partial charge in [0.2, 0.25) is 0 Å². The van der Waals surface area contributed by atoms with E-state index in [9.17, 15) is 4.57 Å². The minimum Gasteiger partial charge on any atom is -0.326 e. The predicted octanol–water partition coefficient (Wildman–Crippen LogP) is 1.01. The number of alkyl halides is 1. The Labute approximate surface area is 53.6 Å². The zero-order chi connectivity index (χ0) is 6.57. The number of hydrogen-bond donors (Lipinski definition) is 1. The van der Waals surface area contributed by atoms with Crippen molar-refractivity contribution >= 4 is 19.9 Å². The molecule has 50 valence electrons. The fourth-order valence-corrected chi connectivity index (χ4v) is 0.747. The Kier molecular flexibility index (Phi) is 4.57. The van der Waals surface area contributed by atoms with Gasteiger partial charge in [-0.15, -0.1) is 11.6 Å². The van der Waals surface area contributed by atoms with Crippen molar-refractivity contribution in [2.24, 2.45) is 0 Å². The summed E-state index contributed by atoms with van der Waals surface area (Å²) in [6, 6.07) is 0. The fourth-order valence-electron chi connectivity index (χ4n) is 0.186. The van der Waals surface area contributed by atoms with Gasteiger partial charge in [0.25, 0.3) is 0 Å². The molecule has 0 aromatic rings. The first-order valence-electron chi connectivity index (χ1n) is 2.12. The molecule has 0 aromatic carbocycles. The summed E-state index contributed by atoms with van der Waals surface area (Å²) < 4.78 is 14.1. The van der Waals surface area contributed by atoms with Crippen LogP contribution in [0.1, 0.15) is 6.92 Å². The van der Waals surface area contributed by atoms with Crippen LogP contribution >= 0.6 is 19.9 Å². The van der Waals surface area contributed by atoms with Crippen molar-refractivity contribution in [3.63, 3.8) is 0 Å². The predicted molar refractivity (Wildman–Crippen MR) is 32.5 cm³/mol. The average Bonchev–Trinajstić information content (AvgIpc) is 1.61. The first kappa shape index (κ1) is 8.44. The Morgan fingerprint density at radius 2 is 2.50 bits per heavy atom. The van der Waals surface area contributed by atoms with E-state index in [1.807, 2.05) is 0 Å². The summed E-state index contributed by atoms with van der Waals surface area (Å²) in [5.41, 5.74) is 0. The van der Waals surface area contributed by atoms with Gasteiger partial charge in [-0.2, -0.15) is 0 Å². The molecule has 5 heteroatoms. The van der Waals surface area contributed by atoms with Crippen LogP contribution in [0.15, 0.2) is 0 Å². The highest BCUT2D eigenvalue weighted by Gasteiger charge is 1.96. The summed E-state index contributed by atoms with van der Waals surface area (Å²) in [7, 11) is -2.76. The lowest BCUT2D eigenvalue weighted by molar-refractivity contribution is 0.284. The maximum atomic E-state index is 9.81. The van der Waals surface area contributed by atoms with E-state index in [0.29, 0.717) is 0 Å². The molecular weight excluding hydrogens is 150 g/mol. The molecule has 0 saturated carbocycles. The Balaban J connectivity index is 3.05. The molecule has 0 heterocycles. The highest BCUT2D eigenvalue weighted by atomic mass is 35.5. The normalized spacial score (nSPS) is 17.9. The molecule has 0 aliphatic rings. The summed E-state index contributed by atoms with van der Waals surface area (Å²) in [6.07, 6.45) is 0. The van der Waals surface area contributed by atoms with E-state index in [1.165, 1.54) is 0 Å². The van der Waals surface area contributed by atoms with Crippen molar-refractivity contribution < 1.29 is 14.0 Å². The van der Waals surface area contributed by atoms with Crippen LogP contribution in [-0.4, -0.2) is 16.9 Å². The van der Waals surface area contributed by atoms with Gasteiger partial charge in [0.05, 0.1) is 12.0 Å². The third-order valence-corrected chi connectivity index (χ3v) is 0.976. The third kappa shape index (κ3) is 6.44. The molecule has 2 unspecified atom stereocenters. The maximum absolute atomic E-state index is 9.81. The molecular formula is C3H8ClO3P. The molecule has 0 aliphatic carbocycles. The molecule has 0 aliphatic heterocycles. The Morgan fingerprint density at radius 3 is 2.62 bits per heavy atom. The van der Waals surface area contributed by atoms with Crippen molar-refractivity contribution in [2.45, 2.75) is 12.3 Å². The minimum absolute atomic E-state index is 0.135. The van der Waals surface area contributed by atoms with Gasteiger partial charge in [-0.1, -0.05) is 0 Å². The standard InChI is InChI=1S/C3H8ClO3P/c1-3(4)2-7-8(5)6/h3,8H,2H2,1H3,(H,5,6). The van der Waals surface area contributed by atoms with Crippen molar-refractivity contribution in [1.82, 2.24) is 0 Å². The topological polar surface area (TPSA) is 46.5 Å². The van der Waals surface area contributed by atoms with Crippen LogP contribution in [0.25, 0.3) is 0 Å². The van der Waals surface area contributed by atoms with E-state index in [0.717, 1.165) is 0 Å². The second-order valence-electron chi connectivity index (χ2n) is 1.36. The summed E-state index contributed by atoms with van der Waals surface area (Å²) in [5, 5.41) is -0.198. The molecule has 2 atom stereocenters. The maximum Gasteiger partial charge on any atom is 0.316 e. The highest BCUT2D eigenvalue weighted by Crippen LogP contribution is 2.15. The van der Waals surface area contributed by atoms with E-state index in [2.05, 4.69) is 4.52 Å². The fraction of sp³-hybridized carbons (Fsp3) is 1.00. The van der Waals surface area contributed by atoms with Gasteiger partial charge in [-0.05, 0) is 6.92 Å². The van der Waals surface area contributed by atoms with E-state index in [4.69, 9.17) is 16.5 Å². The van der Waals surface area contributed by atoms with Gasteiger partial charge >= 0.3 is 8.25 Å². The highest BCUT2D eigenvalue weighted by molar-refractivity contribution is 7.32. The molecule has 0 fully saturated rings. The number of hydrogen-bond acceptors (Lipinski definition) is 2. The van der Waals surface area contributed by atoms with Crippen molar-refractivity contribution in [2.75, 3.05) is 6.61 Å². The Bertz CT molecular complexity index is 84.6. The smallest absolute Gasteiger partial charge is 0.316 e. The summed E-state index contributed by atoms with van der Waals surface area (Å²) >= 11 is 5.36. The SMILES string of the molecule is CC(Cl)CO[PH](=O)O. The summed E-state index contributed by atoms with van der Waals surface area (Å²) in [6.45, 7) is 1.82. The molecule has 3 nitrogen and oxygen atoms in total. The van der Waals surface area contributed by atoms with Crippen LogP contribution < -0.4 is 0 Å². The summed E-state index contributed by atoms with van der Waals surface area (Å²) in [4.78, 5) is 8.07. The van der Waals surface area contributed by atoms with Gasteiger partial charge in [0.15, 0.2) is 0 Å². The molecule has 0 amide bonds. The van der Waals surface area contributed by atoms with Crippen LogP contribution in [0.3, 0.4) is 0 Å². The number of halogens is 1. The molecule has 0 rings (SSSR count). The van der Waals surface area contributed by atoms with Crippen molar-refractivity contribution in [1.29, 1.82) is 0 Å². The van der Waals surface area contributed by atoms with E-state index >= 15 is 0 Å². The van der Waals surface area contributed by atoms with Gasteiger partial charge < -0.3 is 9.42 Å². The molecule has 0 spiro atoms. The van der Waals surface area contributed by atoms with E-state index in [-0.39, 0.29) is 12.0 Å². The average molecular weight is 159 g/mol. The lowest BCUT2D eigenvalue weighted by Gasteiger charge is -1.98. The van der Waals surface area contributed by atoms with Crippen molar-refractivity contribution in [3.8, 4) is 0 Å². The zero-order valence-electron chi connectivity index (χ0n) is 4.43. The van der Waals surface area contributed by atoms with E-state index in [1.54, 1.807) is 6.92 Å². The van der Waals surface area contributed by atoms with Gasteiger partial charge in [0.1, 0.15) is 0 Å². The second kappa shape index (κ2) is 4.33. The van der Waals surface area contributed by atoms with Crippen LogP contribution in [0, 0.1) is 0 Å². The van der Waals surface area contributed by atoms with E-state index < -0.39 is 8.25 Å². The minimum atomic E-state index is -2.76. The molecule has 0 bridgehead atoms. The van der Waals surface area contributed by atoms with Gasteiger partial charge in [0, 0.05) is 0 Å². The second-order valence-corrected chi connectivity index (χ2v) is 2.92. The first-order valence-corrected chi connectivity index (χ1v) is 3.82. The van der Waals surface area contributed by atoms with Crippen LogP contribution in [0.4, 0.5) is 0 Å². The first-order chi connectivity index (χ1) is 3.63. The third-order valence-electron chi connectivity index (χ3n) is 0.436. The molecule has 0 radical (unpaired) electrons. The summed E-state index contributed by atoms with van der Waals surface area (Å²) in [5.74, 6) is 0. The van der Waals surface area contributed by atoms with Gasteiger partial charge in [-0.25, -0.2) is 0 Å². The van der Waals surface area contributed by atoms with Crippen molar-refractivity contribution in [3.05, 3.63) is 0 Å². The lowest BCUT2D eigenvalue weighted by Crippen LogP contribution is -1.98. The molecule has 1 N–H and O–H groups in total. The monoisotopic (exact) mass is 158 g/mol. The van der Waals surface area contributed by atoms with Crippen LogP contribution in [0.2, 0.25) is 0 Å². The zero-order valence-corrected chi connectivity index (χ0v) is 6.18. The van der Waals surface area contributed by atoms with Crippen LogP contribution in [-0.2, 0) is 9.09 Å². The quantitative estimate of drug-likeness (QED) is 0.493. The Hall–Kier alpha value is 0.440. The molecule has 8 heavy (non-hydrogen) atoms. The molecule has 0 saturated heterocycles. The lowest BCUT2D eigenvalue weighted by atomic mass is 10.5. The number of rotatable bonds is 3. The largest absolute Gasteiger partial charge is 0.326 e. The van der Waals surface area contributed by atoms with Crippen LogP contribution in [0.5, 0.6) is 0 Å². The molecule has 0 aromatic heterocycles. The Morgan fingerprint density at radius 1 is 2.00 bits per heavy atom.